The average molecular weight is 393 g/mol. The van der Waals surface area contributed by atoms with Crippen molar-refractivity contribution >= 4 is 28.9 Å². The van der Waals surface area contributed by atoms with E-state index < -0.39 is 16.6 Å². The van der Waals surface area contributed by atoms with E-state index in [1.165, 1.54) is 29.9 Å². The average Bonchev–Trinajstić information content (AvgIpc) is 3.17. The number of amides is 1. The van der Waals surface area contributed by atoms with Gasteiger partial charge >= 0.3 is 5.69 Å². The Labute approximate surface area is 157 Å². The predicted octanol–water partition coefficient (Wildman–Crippen LogP) is 2.78. The van der Waals surface area contributed by atoms with Gasteiger partial charge in [0.05, 0.1) is 23.4 Å². The van der Waals surface area contributed by atoms with Gasteiger partial charge in [0.15, 0.2) is 0 Å². The van der Waals surface area contributed by atoms with E-state index in [9.17, 15) is 19.3 Å². The summed E-state index contributed by atoms with van der Waals surface area (Å²) in [5.41, 5.74) is 1.26. The number of anilines is 1. The lowest BCUT2D eigenvalue weighted by molar-refractivity contribution is -0.385. The molecule has 0 fully saturated rings. The third kappa shape index (κ3) is 4.29. The van der Waals surface area contributed by atoms with Gasteiger partial charge in [-0.2, -0.15) is 10.2 Å². The number of rotatable bonds is 6. The fourth-order valence-electron chi connectivity index (χ4n) is 2.45. The maximum atomic E-state index is 13.1. The van der Waals surface area contributed by atoms with Gasteiger partial charge in [-0.3, -0.25) is 24.3 Å². The molecule has 2 heterocycles. The van der Waals surface area contributed by atoms with Crippen molar-refractivity contribution in [2.45, 2.75) is 20.0 Å². The van der Waals surface area contributed by atoms with Crippen LogP contribution in [0.25, 0.3) is 0 Å². The summed E-state index contributed by atoms with van der Waals surface area (Å²) in [5, 5.41) is 21.7. The zero-order valence-corrected chi connectivity index (χ0v) is 14.9. The van der Waals surface area contributed by atoms with Crippen LogP contribution in [0.15, 0.2) is 36.8 Å². The van der Waals surface area contributed by atoms with E-state index in [4.69, 9.17) is 11.6 Å². The van der Waals surface area contributed by atoms with E-state index in [0.29, 0.717) is 17.8 Å². The van der Waals surface area contributed by atoms with Crippen LogP contribution in [-0.2, 0) is 17.9 Å². The van der Waals surface area contributed by atoms with Crippen LogP contribution in [0.2, 0.25) is 5.02 Å². The summed E-state index contributed by atoms with van der Waals surface area (Å²) < 4.78 is 15.9. The summed E-state index contributed by atoms with van der Waals surface area (Å²) in [6, 6.07) is 4.08. The zero-order valence-electron chi connectivity index (χ0n) is 14.1. The largest absolute Gasteiger partial charge is 0.322 e. The predicted molar refractivity (Wildman–Crippen MR) is 95.0 cm³/mol. The minimum Gasteiger partial charge on any atom is -0.322 e. The molecule has 0 aliphatic carbocycles. The first kappa shape index (κ1) is 18.5. The van der Waals surface area contributed by atoms with E-state index in [0.717, 1.165) is 6.20 Å². The number of aromatic nitrogens is 4. The van der Waals surface area contributed by atoms with Crippen LogP contribution in [0, 0.1) is 22.9 Å². The number of benzene rings is 1. The van der Waals surface area contributed by atoms with Gasteiger partial charge in [0, 0.05) is 11.2 Å². The van der Waals surface area contributed by atoms with Crippen molar-refractivity contribution in [3.63, 3.8) is 0 Å². The van der Waals surface area contributed by atoms with Gasteiger partial charge < -0.3 is 5.32 Å². The van der Waals surface area contributed by atoms with E-state index in [-0.39, 0.29) is 22.9 Å². The van der Waals surface area contributed by atoms with E-state index in [2.05, 4.69) is 15.5 Å². The molecule has 0 saturated heterocycles. The molecule has 1 amide bonds. The standard InChI is InChI=1S/C16H14ClFN6O3/c1-10-15(24(26)27)6-20-23(10)9-16(25)21-13-5-19-22(8-13)7-11-2-3-12(18)4-14(11)17/h2-6,8H,7,9H2,1H3,(H,21,25). The number of nitro groups is 1. The fourth-order valence-corrected chi connectivity index (χ4v) is 2.68. The van der Waals surface area contributed by atoms with Crippen molar-refractivity contribution in [1.82, 2.24) is 19.6 Å². The minimum absolute atomic E-state index is 0.146. The van der Waals surface area contributed by atoms with Crippen molar-refractivity contribution in [2.24, 2.45) is 0 Å². The number of nitrogens with zero attached hydrogens (tertiary/aromatic N) is 5. The van der Waals surface area contributed by atoms with Crippen molar-refractivity contribution in [1.29, 1.82) is 0 Å². The second kappa shape index (κ2) is 7.54. The van der Waals surface area contributed by atoms with Crippen LogP contribution < -0.4 is 5.32 Å². The Morgan fingerprint density at radius 2 is 2.15 bits per heavy atom. The second-order valence-electron chi connectivity index (χ2n) is 5.74. The normalized spacial score (nSPS) is 10.8. The van der Waals surface area contributed by atoms with Crippen LogP contribution in [0.1, 0.15) is 11.3 Å². The lowest BCUT2D eigenvalue weighted by Crippen LogP contribution is -2.20. The molecule has 2 aromatic heterocycles. The Balaban J connectivity index is 1.63. The van der Waals surface area contributed by atoms with Crippen molar-refractivity contribution in [2.75, 3.05) is 5.32 Å². The molecule has 0 spiro atoms. The van der Waals surface area contributed by atoms with Gasteiger partial charge in [-0.05, 0) is 24.6 Å². The summed E-state index contributed by atoms with van der Waals surface area (Å²) in [6.07, 6.45) is 4.15. The maximum absolute atomic E-state index is 13.1. The first-order valence-electron chi connectivity index (χ1n) is 7.76. The van der Waals surface area contributed by atoms with Crippen molar-refractivity contribution < 1.29 is 14.1 Å². The monoisotopic (exact) mass is 392 g/mol. The molecule has 0 bridgehead atoms. The molecule has 1 N–H and O–H groups in total. The molecule has 0 saturated carbocycles. The highest BCUT2D eigenvalue weighted by Gasteiger charge is 2.18. The number of carbonyl (C=O) groups excluding carboxylic acids is 1. The molecule has 1 aromatic carbocycles. The zero-order chi connectivity index (χ0) is 19.6. The molecule has 3 aromatic rings. The molecule has 3 rings (SSSR count). The minimum atomic E-state index is -0.554. The Morgan fingerprint density at radius 1 is 1.37 bits per heavy atom. The number of hydrogen-bond acceptors (Lipinski definition) is 5. The summed E-state index contributed by atoms with van der Waals surface area (Å²) in [5.74, 6) is -0.832. The van der Waals surface area contributed by atoms with Crippen molar-refractivity contribution in [3.8, 4) is 0 Å². The van der Waals surface area contributed by atoms with Crippen LogP contribution in [0.3, 0.4) is 0 Å². The number of nitrogens with one attached hydrogen (secondary N) is 1. The Hall–Kier alpha value is -3.27. The number of carbonyl (C=O) groups is 1. The fraction of sp³-hybridized carbons (Fsp3) is 0.188. The Bertz CT molecular complexity index is 1020. The molecule has 0 radical (unpaired) electrons. The molecule has 0 atom stereocenters. The van der Waals surface area contributed by atoms with Gasteiger partial charge in [0.1, 0.15) is 24.3 Å². The lowest BCUT2D eigenvalue weighted by atomic mass is 10.2. The smallest absolute Gasteiger partial charge is 0.309 e. The first-order chi connectivity index (χ1) is 12.8. The van der Waals surface area contributed by atoms with E-state index in [1.54, 1.807) is 16.9 Å². The molecule has 0 unspecified atom stereocenters. The third-order valence-electron chi connectivity index (χ3n) is 3.83. The van der Waals surface area contributed by atoms with Crippen LogP contribution >= 0.6 is 11.6 Å². The molecule has 0 aliphatic heterocycles. The highest BCUT2D eigenvalue weighted by Crippen LogP contribution is 2.19. The van der Waals surface area contributed by atoms with Gasteiger partial charge in [-0.15, -0.1) is 0 Å². The molecular weight excluding hydrogens is 379 g/mol. The maximum Gasteiger partial charge on any atom is 0.309 e. The van der Waals surface area contributed by atoms with E-state index >= 15 is 0 Å². The second-order valence-corrected chi connectivity index (χ2v) is 6.15. The van der Waals surface area contributed by atoms with Gasteiger partial charge in [-0.1, -0.05) is 17.7 Å². The molecule has 9 nitrogen and oxygen atoms in total. The Kier molecular flexibility index (Phi) is 5.17. The quantitative estimate of drug-likeness (QED) is 0.512. The lowest BCUT2D eigenvalue weighted by Gasteiger charge is -2.05. The molecule has 0 aliphatic rings. The summed E-state index contributed by atoms with van der Waals surface area (Å²) in [7, 11) is 0. The SMILES string of the molecule is Cc1c([N+](=O)[O-])cnn1CC(=O)Nc1cnn(Cc2ccc(F)cc2Cl)c1. The van der Waals surface area contributed by atoms with Gasteiger partial charge in [-0.25, -0.2) is 4.39 Å². The van der Waals surface area contributed by atoms with Crippen LogP contribution in [0.4, 0.5) is 15.8 Å². The van der Waals surface area contributed by atoms with Crippen LogP contribution in [0.5, 0.6) is 0 Å². The highest BCUT2D eigenvalue weighted by molar-refractivity contribution is 6.31. The summed E-state index contributed by atoms with van der Waals surface area (Å²) >= 11 is 5.99. The third-order valence-corrected chi connectivity index (χ3v) is 4.18. The molecule has 140 valence electrons. The summed E-state index contributed by atoms with van der Waals surface area (Å²) in [6.45, 7) is 1.65. The molecular formula is C16H14ClFN6O3. The van der Waals surface area contributed by atoms with Gasteiger partial charge in [0.2, 0.25) is 5.91 Å². The molecule has 27 heavy (non-hydrogen) atoms. The number of halogens is 2. The van der Waals surface area contributed by atoms with E-state index in [1.807, 2.05) is 0 Å². The van der Waals surface area contributed by atoms with Crippen molar-refractivity contribution in [3.05, 3.63) is 69.0 Å². The topological polar surface area (TPSA) is 108 Å². The number of hydrogen-bond donors (Lipinski definition) is 1. The van der Waals surface area contributed by atoms with Crippen LogP contribution in [-0.4, -0.2) is 30.4 Å². The molecule has 11 heteroatoms. The summed E-state index contributed by atoms with van der Waals surface area (Å²) in [4.78, 5) is 22.4. The highest BCUT2D eigenvalue weighted by atomic mass is 35.5. The first-order valence-corrected chi connectivity index (χ1v) is 8.14. The van der Waals surface area contributed by atoms with Gasteiger partial charge in [0.25, 0.3) is 0 Å². The Morgan fingerprint density at radius 3 is 2.81 bits per heavy atom.